The lowest BCUT2D eigenvalue weighted by Crippen LogP contribution is -2.39. The van der Waals surface area contributed by atoms with Gasteiger partial charge in [-0.05, 0) is 55.3 Å². The highest BCUT2D eigenvalue weighted by Crippen LogP contribution is 2.32. The maximum Gasteiger partial charge on any atom is 0.338 e. The molecular formula is C24H22N2O5S. The highest BCUT2D eigenvalue weighted by atomic mass is 32.1. The maximum atomic E-state index is 13.5. The Hall–Kier alpha value is -3.65. The van der Waals surface area contributed by atoms with Crippen LogP contribution in [0.25, 0.3) is 6.08 Å². The predicted molar refractivity (Wildman–Crippen MR) is 121 cm³/mol. The van der Waals surface area contributed by atoms with Crippen LogP contribution in [0.2, 0.25) is 0 Å². The minimum absolute atomic E-state index is 0.112. The first-order valence-electron chi connectivity index (χ1n) is 10.1. The number of ether oxygens (including phenoxy) is 2. The Labute approximate surface area is 188 Å². The van der Waals surface area contributed by atoms with Gasteiger partial charge in [-0.3, -0.25) is 9.36 Å². The van der Waals surface area contributed by atoms with E-state index >= 15 is 0 Å². The molecule has 0 amide bonds. The molecule has 1 aliphatic rings. The molecule has 7 nitrogen and oxygen atoms in total. The van der Waals surface area contributed by atoms with Crippen LogP contribution in [-0.2, 0) is 9.53 Å². The number of thiazole rings is 1. The van der Waals surface area contributed by atoms with Crippen molar-refractivity contribution in [1.29, 1.82) is 0 Å². The molecule has 0 saturated carbocycles. The molecule has 1 aliphatic heterocycles. The van der Waals surface area contributed by atoms with E-state index in [4.69, 9.17) is 9.47 Å². The Morgan fingerprint density at radius 2 is 2.03 bits per heavy atom. The van der Waals surface area contributed by atoms with Crippen LogP contribution in [0.4, 0.5) is 0 Å². The summed E-state index contributed by atoms with van der Waals surface area (Å²) in [5, 5.41) is 9.76. The Morgan fingerprint density at radius 3 is 2.75 bits per heavy atom. The van der Waals surface area contributed by atoms with Gasteiger partial charge in [0, 0.05) is 0 Å². The summed E-state index contributed by atoms with van der Waals surface area (Å²) in [5.41, 5.74) is 1.94. The zero-order chi connectivity index (χ0) is 22.8. The summed E-state index contributed by atoms with van der Waals surface area (Å²) in [4.78, 5) is 31.4. The largest absolute Gasteiger partial charge is 0.508 e. The lowest BCUT2D eigenvalue weighted by Gasteiger charge is -2.25. The third-order valence-corrected chi connectivity index (χ3v) is 6.08. The molecule has 1 aromatic heterocycles. The Bertz CT molecular complexity index is 1400. The molecule has 164 valence electrons. The maximum absolute atomic E-state index is 13.5. The number of carbonyl (C=O) groups excluding carboxylic acids is 1. The van der Waals surface area contributed by atoms with Crippen LogP contribution < -0.4 is 19.6 Å². The zero-order valence-electron chi connectivity index (χ0n) is 17.9. The van der Waals surface area contributed by atoms with E-state index in [2.05, 4.69) is 4.99 Å². The van der Waals surface area contributed by atoms with Crippen molar-refractivity contribution in [2.45, 2.75) is 19.9 Å². The van der Waals surface area contributed by atoms with Crippen LogP contribution in [0.15, 0.2) is 69.6 Å². The molecule has 32 heavy (non-hydrogen) atoms. The SMILES string of the molecule is CCOC(=O)C1=C(C)N=c2s/c(=C/c3cccc(O)c3)c(=O)n2C1c1cccc(OC)c1. The smallest absolute Gasteiger partial charge is 0.338 e. The van der Waals surface area contributed by atoms with Gasteiger partial charge in [0.05, 0.1) is 35.6 Å². The van der Waals surface area contributed by atoms with E-state index in [0.29, 0.717) is 37.5 Å². The van der Waals surface area contributed by atoms with Crippen LogP contribution in [0, 0.1) is 0 Å². The number of rotatable bonds is 5. The number of phenols is 1. The number of phenolic OH excluding ortho intramolecular Hbond substituents is 1. The van der Waals surface area contributed by atoms with Crippen LogP contribution in [0.3, 0.4) is 0 Å². The molecule has 1 unspecified atom stereocenters. The van der Waals surface area contributed by atoms with E-state index in [1.807, 2.05) is 12.1 Å². The average Bonchev–Trinajstić information content (AvgIpc) is 3.07. The standard InChI is InChI=1S/C24H22N2O5S/c1-4-31-23(29)20-14(2)25-24-26(21(20)16-8-6-10-18(13-16)30-3)22(28)19(32-24)12-15-7-5-9-17(27)11-15/h5-13,21,27H,4H2,1-3H3/b19-12+. The van der Waals surface area contributed by atoms with E-state index in [0.717, 1.165) is 0 Å². The van der Waals surface area contributed by atoms with Gasteiger partial charge in [-0.1, -0.05) is 35.6 Å². The third kappa shape index (κ3) is 3.97. The monoisotopic (exact) mass is 450 g/mol. The minimum atomic E-state index is -0.702. The molecular weight excluding hydrogens is 428 g/mol. The van der Waals surface area contributed by atoms with Crippen molar-refractivity contribution in [2.75, 3.05) is 13.7 Å². The fourth-order valence-corrected chi connectivity index (χ4v) is 4.73. The predicted octanol–water partition coefficient (Wildman–Crippen LogP) is 2.51. The summed E-state index contributed by atoms with van der Waals surface area (Å²) in [7, 11) is 1.56. The first-order chi connectivity index (χ1) is 15.4. The quantitative estimate of drug-likeness (QED) is 0.604. The summed E-state index contributed by atoms with van der Waals surface area (Å²) < 4.78 is 12.6. The van der Waals surface area contributed by atoms with Gasteiger partial charge in [-0.15, -0.1) is 0 Å². The number of esters is 1. The summed E-state index contributed by atoms with van der Waals surface area (Å²) in [6, 6.07) is 13.2. The number of aromatic nitrogens is 1. The number of carbonyl (C=O) groups is 1. The van der Waals surface area contributed by atoms with Crippen molar-refractivity contribution >= 4 is 23.4 Å². The molecule has 2 heterocycles. The first kappa shape index (κ1) is 21.6. The minimum Gasteiger partial charge on any atom is -0.508 e. The van der Waals surface area contributed by atoms with Crippen molar-refractivity contribution in [1.82, 2.24) is 4.57 Å². The number of allylic oxidation sites excluding steroid dienone is 1. The van der Waals surface area contributed by atoms with Crippen molar-refractivity contribution in [2.24, 2.45) is 4.99 Å². The van der Waals surface area contributed by atoms with E-state index in [1.54, 1.807) is 63.4 Å². The topological polar surface area (TPSA) is 90.1 Å². The molecule has 4 rings (SSSR count). The van der Waals surface area contributed by atoms with Gasteiger partial charge in [0.15, 0.2) is 4.80 Å². The second-order valence-electron chi connectivity index (χ2n) is 7.17. The lowest BCUT2D eigenvalue weighted by molar-refractivity contribution is -0.139. The number of benzene rings is 2. The highest BCUT2D eigenvalue weighted by Gasteiger charge is 2.33. The van der Waals surface area contributed by atoms with Crippen molar-refractivity contribution in [3.8, 4) is 11.5 Å². The van der Waals surface area contributed by atoms with Gasteiger partial charge in [0.1, 0.15) is 11.5 Å². The molecule has 0 radical (unpaired) electrons. The lowest BCUT2D eigenvalue weighted by atomic mass is 9.95. The molecule has 1 N–H and O–H groups in total. The number of fused-ring (bicyclic) bond motifs is 1. The number of nitrogens with zero attached hydrogens (tertiary/aromatic N) is 2. The van der Waals surface area contributed by atoms with Gasteiger partial charge in [-0.25, -0.2) is 9.79 Å². The highest BCUT2D eigenvalue weighted by molar-refractivity contribution is 7.07. The average molecular weight is 451 g/mol. The summed E-state index contributed by atoms with van der Waals surface area (Å²) in [5.74, 6) is 0.215. The Kier molecular flexibility index (Phi) is 5.96. The van der Waals surface area contributed by atoms with Gasteiger partial charge in [0.25, 0.3) is 5.56 Å². The van der Waals surface area contributed by atoms with Crippen molar-refractivity contribution in [3.05, 3.63) is 90.6 Å². The van der Waals surface area contributed by atoms with Crippen molar-refractivity contribution < 1.29 is 19.4 Å². The normalized spacial score (nSPS) is 15.8. The summed E-state index contributed by atoms with van der Waals surface area (Å²) in [6.07, 6.45) is 1.70. The number of methoxy groups -OCH3 is 1. The fraction of sp³-hybridized carbons (Fsp3) is 0.208. The molecule has 2 aromatic carbocycles. The third-order valence-electron chi connectivity index (χ3n) is 5.09. The molecule has 0 bridgehead atoms. The van der Waals surface area contributed by atoms with E-state index in [9.17, 15) is 14.7 Å². The number of aromatic hydroxyl groups is 1. The fourth-order valence-electron chi connectivity index (χ4n) is 3.68. The second-order valence-corrected chi connectivity index (χ2v) is 8.18. The molecule has 0 spiro atoms. The van der Waals surface area contributed by atoms with Gasteiger partial charge in [0.2, 0.25) is 0 Å². The van der Waals surface area contributed by atoms with Crippen LogP contribution in [-0.4, -0.2) is 29.4 Å². The number of hydrogen-bond donors (Lipinski definition) is 1. The summed E-state index contributed by atoms with van der Waals surface area (Å²) >= 11 is 1.23. The zero-order valence-corrected chi connectivity index (χ0v) is 18.7. The molecule has 8 heteroatoms. The molecule has 0 saturated heterocycles. The second kappa shape index (κ2) is 8.84. The van der Waals surface area contributed by atoms with E-state index in [1.165, 1.54) is 15.9 Å². The first-order valence-corrected chi connectivity index (χ1v) is 10.9. The van der Waals surface area contributed by atoms with E-state index < -0.39 is 12.0 Å². The van der Waals surface area contributed by atoms with Crippen molar-refractivity contribution in [3.63, 3.8) is 0 Å². The van der Waals surface area contributed by atoms with Crippen LogP contribution >= 0.6 is 11.3 Å². The Morgan fingerprint density at radius 1 is 1.25 bits per heavy atom. The Balaban J connectivity index is 1.97. The summed E-state index contributed by atoms with van der Waals surface area (Å²) in [6.45, 7) is 3.69. The van der Waals surface area contributed by atoms with Crippen LogP contribution in [0.1, 0.15) is 31.0 Å². The van der Waals surface area contributed by atoms with E-state index in [-0.39, 0.29) is 17.9 Å². The van der Waals surface area contributed by atoms with Gasteiger partial charge < -0.3 is 14.6 Å². The van der Waals surface area contributed by atoms with Gasteiger partial charge in [-0.2, -0.15) is 0 Å². The molecule has 1 atom stereocenters. The molecule has 3 aromatic rings. The van der Waals surface area contributed by atoms with Crippen LogP contribution in [0.5, 0.6) is 11.5 Å². The number of hydrogen-bond acceptors (Lipinski definition) is 7. The van der Waals surface area contributed by atoms with Gasteiger partial charge >= 0.3 is 5.97 Å². The molecule has 0 fully saturated rings. The molecule has 0 aliphatic carbocycles.